The molecular weight excluding hydrogens is 228 g/mol. The molecule has 0 aliphatic carbocycles. The molecule has 1 rings (SSSR count). The summed E-state index contributed by atoms with van der Waals surface area (Å²) >= 11 is 1.49. The summed E-state index contributed by atoms with van der Waals surface area (Å²) in [6.07, 6.45) is 0.359. The molecule has 1 amide bonds. The van der Waals surface area contributed by atoms with Crippen LogP contribution in [0.1, 0.15) is 20.3 Å². The van der Waals surface area contributed by atoms with Gasteiger partial charge in [-0.1, -0.05) is 6.92 Å². The summed E-state index contributed by atoms with van der Waals surface area (Å²) in [5.41, 5.74) is 0. The van der Waals surface area contributed by atoms with Gasteiger partial charge in [0.15, 0.2) is 0 Å². The summed E-state index contributed by atoms with van der Waals surface area (Å²) in [6.45, 7) is 4.72. The summed E-state index contributed by atoms with van der Waals surface area (Å²) < 4.78 is 0. The van der Waals surface area contributed by atoms with E-state index in [0.717, 1.165) is 6.54 Å². The predicted octanol–water partition coefficient (Wildman–Crippen LogP) is 0.361. The summed E-state index contributed by atoms with van der Waals surface area (Å²) in [5, 5.41) is 12.1. The van der Waals surface area contributed by atoms with Gasteiger partial charge in [0.1, 0.15) is 6.04 Å². The minimum atomic E-state index is -0.908. The molecule has 92 valence electrons. The number of rotatable bonds is 5. The van der Waals surface area contributed by atoms with E-state index in [4.69, 9.17) is 5.11 Å². The van der Waals surface area contributed by atoms with E-state index in [-0.39, 0.29) is 11.9 Å². The molecule has 2 atom stereocenters. The van der Waals surface area contributed by atoms with Crippen LogP contribution in [0, 0.1) is 0 Å². The van der Waals surface area contributed by atoms with Crippen LogP contribution in [-0.4, -0.2) is 52.1 Å². The van der Waals surface area contributed by atoms with Gasteiger partial charge in [0.25, 0.3) is 0 Å². The van der Waals surface area contributed by atoms with Crippen molar-refractivity contribution in [3.05, 3.63) is 0 Å². The lowest BCUT2D eigenvalue weighted by Crippen LogP contribution is -2.44. The summed E-state index contributed by atoms with van der Waals surface area (Å²) in [5.74, 6) is 0.00554. The monoisotopic (exact) mass is 246 g/mol. The second-order valence-corrected chi connectivity index (χ2v) is 4.88. The Labute approximate surface area is 99.6 Å². The maximum Gasteiger partial charge on any atom is 0.327 e. The highest BCUT2D eigenvalue weighted by Gasteiger charge is 2.34. The number of carbonyl (C=O) groups is 2. The molecule has 0 radical (unpaired) electrons. The number of aliphatic carboxylic acids is 1. The molecule has 1 saturated heterocycles. The summed E-state index contributed by atoms with van der Waals surface area (Å²) in [7, 11) is 0. The maximum absolute atomic E-state index is 11.9. The fraction of sp³-hybridized carbons (Fsp3) is 0.800. The smallest absolute Gasteiger partial charge is 0.327 e. The third-order valence-electron chi connectivity index (χ3n) is 2.52. The molecule has 1 heterocycles. The minimum absolute atomic E-state index is 0.0779. The summed E-state index contributed by atoms with van der Waals surface area (Å²) in [6, 6.07) is -0.552. The molecule has 0 saturated carbocycles. The first-order valence-electron chi connectivity index (χ1n) is 5.39. The van der Waals surface area contributed by atoms with Crippen LogP contribution in [0.5, 0.6) is 0 Å². The first-order chi connectivity index (χ1) is 7.56. The van der Waals surface area contributed by atoms with Crippen molar-refractivity contribution < 1.29 is 14.7 Å². The van der Waals surface area contributed by atoms with Crippen LogP contribution in [0.3, 0.4) is 0 Å². The Hall–Kier alpha value is -0.750. The van der Waals surface area contributed by atoms with E-state index in [2.05, 4.69) is 5.32 Å². The largest absolute Gasteiger partial charge is 0.480 e. The highest BCUT2D eigenvalue weighted by Crippen LogP contribution is 2.22. The Balaban J connectivity index is 2.49. The fourth-order valence-corrected chi connectivity index (χ4v) is 2.86. The van der Waals surface area contributed by atoms with Gasteiger partial charge < -0.3 is 15.3 Å². The Morgan fingerprint density at radius 1 is 1.62 bits per heavy atom. The average Bonchev–Trinajstić information content (AvgIpc) is 2.65. The molecule has 2 N–H and O–H groups in total. The van der Waals surface area contributed by atoms with E-state index < -0.39 is 12.0 Å². The number of carboxylic acid groups (broad SMARTS) is 1. The molecule has 1 fully saturated rings. The number of amides is 1. The molecular formula is C10H18N2O3S. The van der Waals surface area contributed by atoms with Crippen LogP contribution in [0.15, 0.2) is 0 Å². The van der Waals surface area contributed by atoms with Gasteiger partial charge in [0.2, 0.25) is 5.91 Å². The van der Waals surface area contributed by atoms with E-state index in [1.807, 2.05) is 13.8 Å². The predicted molar refractivity (Wildman–Crippen MR) is 63.4 cm³/mol. The topological polar surface area (TPSA) is 69.6 Å². The van der Waals surface area contributed by atoms with E-state index in [1.54, 1.807) is 0 Å². The van der Waals surface area contributed by atoms with Gasteiger partial charge in [0, 0.05) is 18.2 Å². The lowest BCUT2D eigenvalue weighted by atomic mass is 10.2. The maximum atomic E-state index is 11.9. The van der Waals surface area contributed by atoms with Crippen molar-refractivity contribution >= 4 is 23.6 Å². The van der Waals surface area contributed by atoms with Crippen molar-refractivity contribution in [3.8, 4) is 0 Å². The van der Waals surface area contributed by atoms with Gasteiger partial charge in [-0.3, -0.25) is 4.79 Å². The first-order valence-corrected chi connectivity index (χ1v) is 6.55. The van der Waals surface area contributed by atoms with Gasteiger partial charge in [-0.15, -0.1) is 11.8 Å². The van der Waals surface area contributed by atoms with E-state index in [0.29, 0.717) is 18.1 Å². The quantitative estimate of drug-likeness (QED) is 0.733. The second-order valence-electron chi connectivity index (χ2n) is 3.88. The van der Waals surface area contributed by atoms with Crippen LogP contribution in [0.2, 0.25) is 0 Å². The molecule has 0 aromatic heterocycles. The van der Waals surface area contributed by atoms with Crippen LogP contribution >= 0.6 is 11.8 Å². The van der Waals surface area contributed by atoms with E-state index in [1.165, 1.54) is 16.7 Å². The number of thioether (sulfide) groups is 1. The molecule has 1 aliphatic heterocycles. The van der Waals surface area contributed by atoms with Gasteiger partial charge in [-0.2, -0.15) is 0 Å². The zero-order valence-corrected chi connectivity index (χ0v) is 10.4. The number of hydrogen-bond donors (Lipinski definition) is 2. The number of carboxylic acids is 1. The summed E-state index contributed by atoms with van der Waals surface area (Å²) in [4.78, 5) is 24.2. The molecule has 0 bridgehead atoms. The van der Waals surface area contributed by atoms with Gasteiger partial charge in [-0.05, 0) is 13.5 Å². The first kappa shape index (κ1) is 13.3. The van der Waals surface area contributed by atoms with Crippen molar-refractivity contribution in [1.29, 1.82) is 0 Å². The SMILES string of the molecule is CCNC(C)CC(=O)N1CSC[C@H]1C(=O)O. The van der Waals surface area contributed by atoms with Crippen molar-refractivity contribution in [1.82, 2.24) is 10.2 Å². The van der Waals surface area contributed by atoms with E-state index in [9.17, 15) is 9.59 Å². The number of nitrogens with one attached hydrogen (secondary N) is 1. The lowest BCUT2D eigenvalue weighted by Gasteiger charge is -2.22. The highest BCUT2D eigenvalue weighted by molar-refractivity contribution is 7.99. The molecule has 16 heavy (non-hydrogen) atoms. The van der Waals surface area contributed by atoms with Gasteiger partial charge in [0.05, 0.1) is 5.88 Å². The highest BCUT2D eigenvalue weighted by atomic mass is 32.2. The Kier molecular flexibility index (Phi) is 5.08. The zero-order chi connectivity index (χ0) is 12.1. The number of hydrogen-bond acceptors (Lipinski definition) is 4. The van der Waals surface area contributed by atoms with Crippen molar-refractivity contribution in [3.63, 3.8) is 0 Å². The third-order valence-corrected chi connectivity index (χ3v) is 3.53. The standard InChI is InChI=1S/C10H18N2O3S/c1-3-11-7(2)4-9(13)12-6-16-5-8(12)10(14)15/h7-8,11H,3-6H2,1-2H3,(H,14,15)/t7?,8-/m0/s1. The molecule has 0 spiro atoms. The van der Waals surface area contributed by atoms with E-state index >= 15 is 0 Å². The molecule has 6 heteroatoms. The Morgan fingerprint density at radius 2 is 2.31 bits per heavy atom. The Bertz CT molecular complexity index is 273. The van der Waals surface area contributed by atoms with Gasteiger partial charge in [-0.25, -0.2) is 4.79 Å². The normalized spacial score (nSPS) is 22.1. The van der Waals surface area contributed by atoms with Crippen molar-refractivity contribution in [2.75, 3.05) is 18.2 Å². The third kappa shape index (κ3) is 3.38. The molecule has 1 unspecified atom stereocenters. The van der Waals surface area contributed by atoms with Crippen LogP contribution in [0.4, 0.5) is 0 Å². The van der Waals surface area contributed by atoms with Crippen molar-refractivity contribution in [2.45, 2.75) is 32.4 Å². The molecule has 0 aromatic rings. The Morgan fingerprint density at radius 3 is 2.88 bits per heavy atom. The second kappa shape index (κ2) is 6.10. The fourth-order valence-electron chi connectivity index (χ4n) is 1.69. The van der Waals surface area contributed by atoms with Crippen LogP contribution < -0.4 is 5.32 Å². The zero-order valence-electron chi connectivity index (χ0n) is 9.60. The lowest BCUT2D eigenvalue weighted by molar-refractivity contribution is -0.147. The minimum Gasteiger partial charge on any atom is -0.480 e. The van der Waals surface area contributed by atoms with Crippen LogP contribution in [-0.2, 0) is 9.59 Å². The van der Waals surface area contributed by atoms with Crippen molar-refractivity contribution in [2.24, 2.45) is 0 Å². The molecule has 5 nitrogen and oxygen atoms in total. The molecule has 1 aliphatic rings. The van der Waals surface area contributed by atoms with Crippen LogP contribution in [0.25, 0.3) is 0 Å². The van der Waals surface area contributed by atoms with Gasteiger partial charge >= 0.3 is 5.97 Å². The number of nitrogens with zero attached hydrogens (tertiary/aromatic N) is 1. The number of carbonyl (C=O) groups excluding carboxylic acids is 1. The average molecular weight is 246 g/mol. The molecule has 0 aromatic carbocycles.